The number of hydrogen-bond acceptors (Lipinski definition) is 7. The highest BCUT2D eigenvalue weighted by atomic mass is 35.5. The van der Waals surface area contributed by atoms with E-state index in [0.717, 1.165) is 35.8 Å². The number of thiazole rings is 1. The van der Waals surface area contributed by atoms with Gasteiger partial charge in [0.15, 0.2) is 11.6 Å². The predicted octanol–water partition coefficient (Wildman–Crippen LogP) is 4.71. The number of carbonyl (C=O) groups is 1. The summed E-state index contributed by atoms with van der Waals surface area (Å²) in [5.41, 5.74) is 1.59. The second kappa shape index (κ2) is 10.4. The van der Waals surface area contributed by atoms with Crippen molar-refractivity contribution in [3.05, 3.63) is 42.0 Å². The number of rotatable bonds is 5. The fourth-order valence-electron chi connectivity index (χ4n) is 2.99. The molecule has 0 spiro atoms. The third kappa shape index (κ3) is 5.14. The van der Waals surface area contributed by atoms with Crippen LogP contribution in [0.2, 0.25) is 0 Å². The number of amides is 1. The highest BCUT2D eigenvalue weighted by Crippen LogP contribution is 2.30. The molecule has 1 aliphatic heterocycles. The van der Waals surface area contributed by atoms with Crippen molar-refractivity contribution in [3.63, 3.8) is 0 Å². The summed E-state index contributed by atoms with van der Waals surface area (Å²) in [4.78, 5) is 27.2. The predicted molar refractivity (Wildman–Crippen MR) is 120 cm³/mol. The van der Waals surface area contributed by atoms with Gasteiger partial charge in [0.2, 0.25) is 5.91 Å². The molecule has 0 aromatic carbocycles. The Labute approximate surface area is 185 Å². The molecule has 154 valence electrons. The van der Waals surface area contributed by atoms with Gasteiger partial charge in [0, 0.05) is 24.5 Å². The summed E-state index contributed by atoms with van der Waals surface area (Å²) in [5.74, 6) is 1.97. The van der Waals surface area contributed by atoms with Crippen LogP contribution in [-0.2, 0) is 4.79 Å². The summed E-state index contributed by atoms with van der Waals surface area (Å²) >= 11 is 1.53. The molecule has 0 radical (unpaired) electrons. The van der Waals surface area contributed by atoms with Gasteiger partial charge in [0.25, 0.3) is 0 Å². The van der Waals surface area contributed by atoms with Crippen LogP contribution in [0.25, 0.3) is 10.7 Å². The Morgan fingerprint density at radius 1 is 1.14 bits per heavy atom. The molecule has 1 fully saturated rings. The van der Waals surface area contributed by atoms with Crippen LogP contribution in [0.4, 0.5) is 17.3 Å². The minimum Gasteiger partial charge on any atom is -0.493 e. The van der Waals surface area contributed by atoms with Gasteiger partial charge in [-0.1, -0.05) is 0 Å². The first kappa shape index (κ1) is 22.9. The Morgan fingerprint density at radius 3 is 2.66 bits per heavy atom. The van der Waals surface area contributed by atoms with E-state index in [1.807, 2.05) is 29.6 Å². The Balaban J connectivity index is 0.00000150. The van der Waals surface area contributed by atoms with E-state index in [0.29, 0.717) is 23.8 Å². The molecule has 29 heavy (non-hydrogen) atoms. The molecule has 1 saturated heterocycles. The number of anilines is 3. The Kier molecular flexibility index (Phi) is 8.19. The molecular weight excluding hydrogens is 433 g/mol. The highest BCUT2D eigenvalue weighted by Gasteiger charge is 2.19. The topological polar surface area (TPSA) is 80.2 Å². The number of pyridine rings is 2. The van der Waals surface area contributed by atoms with Gasteiger partial charge in [0.1, 0.15) is 16.5 Å². The van der Waals surface area contributed by atoms with Gasteiger partial charge >= 0.3 is 0 Å². The molecule has 0 atom stereocenters. The molecule has 0 saturated carbocycles. The zero-order valence-electron chi connectivity index (χ0n) is 15.7. The second-order valence-electron chi connectivity index (χ2n) is 6.11. The fourth-order valence-corrected chi connectivity index (χ4v) is 3.60. The monoisotopic (exact) mass is 453 g/mol. The summed E-state index contributed by atoms with van der Waals surface area (Å²) in [7, 11) is 1.60. The maximum Gasteiger partial charge on any atom is 0.227 e. The molecule has 4 heterocycles. The van der Waals surface area contributed by atoms with Gasteiger partial charge < -0.3 is 15.0 Å². The van der Waals surface area contributed by atoms with Crippen LogP contribution in [0.3, 0.4) is 0 Å². The van der Waals surface area contributed by atoms with Gasteiger partial charge in [-0.2, -0.15) is 0 Å². The van der Waals surface area contributed by atoms with E-state index in [1.165, 1.54) is 11.3 Å². The molecule has 3 aromatic rings. The number of ether oxygens (including phenoxy) is 1. The van der Waals surface area contributed by atoms with E-state index in [2.05, 4.69) is 20.3 Å². The number of nitrogens with one attached hydrogen (secondary N) is 1. The van der Waals surface area contributed by atoms with Crippen LogP contribution in [0, 0.1) is 0 Å². The first-order chi connectivity index (χ1) is 13.2. The van der Waals surface area contributed by atoms with Crippen LogP contribution in [0.15, 0.2) is 42.0 Å². The van der Waals surface area contributed by atoms with E-state index < -0.39 is 0 Å². The van der Waals surface area contributed by atoms with Crippen molar-refractivity contribution >= 4 is 59.4 Å². The quantitative estimate of drug-likeness (QED) is 0.602. The molecule has 1 aliphatic rings. The van der Waals surface area contributed by atoms with Crippen LogP contribution in [0.1, 0.15) is 19.3 Å². The highest BCUT2D eigenvalue weighted by molar-refractivity contribution is 7.13. The van der Waals surface area contributed by atoms with Crippen molar-refractivity contribution in [3.8, 4) is 16.5 Å². The smallest absolute Gasteiger partial charge is 0.227 e. The number of aromatic nitrogens is 3. The van der Waals surface area contributed by atoms with E-state index in [-0.39, 0.29) is 30.7 Å². The molecule has 10 heteroatoms. The summed E-state index contributed by atoms with van der Waals surface area (Å²) < 4.78 is 5.40. The number of nitrogens with zero attached hydrogens (tertiary/aromatic N) is 4. The molecule has 0 unspecified atom stereocenters. The van der Waals surface area contributed by atoms with Crippen LogP contribution < -0.4 is 15.0 Å². The van der Waals surface area contributed by atoms with Crippen molar-refractivity contribution in [2.75, 3.05) is 23.9 Å². The molecule has 4 rings (SSSR count). The number of carbonyl (C=O) groups excluding carboxylic acids is 1. The lowest BCUT2D eigenvalue weighted by atomic mass is 10.1. The first-order valence-corrected chi connectivity index (χ1v) is 9.61. The molecule has 0 aliphatic carbocycles. The summed E-state index contributed by atoms with van der Waals surface area (Å²) in [6.07, 6.45) is 6.05. The first-order valence-electron chi connectivity index (χ1n) is 8.73. The SMILES string of the molecule is COc1ccc(-c2nccs2)nc1Nc1ccc(N2CCCCC2=O)cn1.Cl.Cl. The minimum absolute atomic E-state index is 0. The summed E-state index contributed by atoms with van der Waals surface area (Å²) in [5, 5.41) is 5.95. The van der Waals surface area contributed by atoms with Crippen molar-refractivity contribution in [1.29, 1.82) is 0 Å². The molecule has 1 N–H and O–H groups in total. The van der Waals surface area contributed by atoms with Crippen LogP contribution in [0.5, 0.6) is 5.75 Å². The third-order valence-corrected chi connectivity index (χ3v) is 5.15. The number of hydrogen-bond donors (Lipinski definition) is 1. The largest absolute Gasteiger partial charge is 0.493 e. The van der Waals surface area contributed by atoms with E-state index in [9.17, 15) is 4.79 Å². The van der Waals surface area contributed by atoms with Gasteiger partial charge in [-0.25, -0.2) is 15.0 Å². The maximum absolute atomic E-state index is 12.1. The lowest BCUT2D eigenvalue weighted by molar-refractivity contribution is -0.119. The van der Waals surface area contributed by atoms with Gasteiger partial charge in [-0.3, -0.25) is 4.79 Å². The zero-order valence-corrected chi connectivity index (χ0v) is 18.1. The number of piperidine rings is 1. The lowest BCUT2D eigenvalue weighted by Gasteiger charge is -2.26. The number of methoxy groups -OCH3 is 1. The Bertz CT molecular complexity index is 938. The lowest BCUT2D eigenvalue weighted by Crippen LogP contribution is -2.35. The minimum atomic E-state index is 0. The van der Waals surface area contributed by atoms with Crippen LogP contribution in [-0.4, -0.2) is 34.5 Å². The van der Waals surface area contributed by atoms with Crippen LogP contribution >= 0.6 is 36.2 Å². The van der Waals surface area contributed by atoms with E-state index >= 15 is 0 Å². The average Bonchev–Trinajstić information content (AvgIpc) is 3.24. The molecule has 1 amide bonds. The van der Waals surface area contributed by atoms with Gasteiger partial charge in [-0.05, 0) is 37.1 Å². The zero-order chi connectivity index (χ0) is 18.6. The average molecular weight is 454 g/mol. The Morgan fingerprint density at radius 2 is 2.00 bits per heavy atom. The molecule has 3 aromatic heterocycles. The van der Waals surface area contributed by atoms with Gasteiger partial charge in [0.05, 0.1) is 19.0 Å². The molecular formula is C19H21Cl2N5O2S. The van der Waals surface area contributed by atoms with Crippen molar-refractivity contribution < 1.29 is 9.53 Å². The number of halogens is 2. The van der Waals surface area contributed by atoms with E-state index in [1.54, 1.807) is 24.4 Å². The van der Waals surface area contributed by atoms with Crippen molar-refractivity contribution in [2.24, 2.45) is 0 Å². The van der Waals surface area contributed by atoms with Crippen molar-refractivity contribution in [1.82, 2.24) is 15.0 Å². The standard InChI is InChI=1S/C19H19N5O2S.2ClH/c1-26-15-7-6-14(19-20-9-11-27-19)22-18(15)23-16-8-5-13(12-21-16)24-10-3-2-4-17(24)25;;/h5-9,11-12H,2-4,10H2,1H3,(H,21,22,23);2*1H. The molecule has 0 bridgehead atoms. The third-order valence-electron chi connectivity index (χ3n) is 4.36. The van der Waals surface area contributed by atoms with Crippen molar-refractivity contribution in [2.45, 2.75) is 19.3 Å². The Hall–Kier alpha value is -2.42. The summed E-state index contributed by atoms with van der Waals surface area (Å²) in [6.45, 7) is 0.749. The summed E-state index contributed by atoms with van der Waals surface area (Å²) in [6, 6.07) is 7.47. The maximum atomic E-state index is 12.1. The second-order valence-corrected chi connectivity index (χ2v) is 7.01. The normalized spacial score (nSPS) is 13.3. The fraction of sp³-hybridized carbons (Fsp3) is 0.263. The van der Waals surface area contributed by atoms with Gasteiger partial charge in [-0.15, -0.1) is 36.2 Å². The molecule has 7 nitrogen and oxygen atoms in total. The van der Waals surface area contributed by atoms with E-state index in [4.69, 9.17) is 4.74 Å².